The minimum Gasteiger partial charge on any atom is -0.507 e. The molecule has 0 radical (unpaired) electrons. The Bertz CT molecular complexity index is 1220. The molecule has 1 aromatic carbocycles. The van der Waals surface area contributed by atoms with Gasteiger partial charge in [-0.15, -0.1) is 0 Å². The number of aliphatic hydroxyl groups is 1. The molecule has 1 aromatic heterocycles. The van der Waals surface area contributed by atoms with Gasteiger partial charge in [-0.2, -0.15) is 0 Å². The van der Waals surface area contributed by atoms with Gasteiger partial charge in [-0.1, -0.05) is 13.8 Å². The number of hydrogen-bond donors (Lipinski definition) is 1. The van der Waals surface area contributed by atoms with E-state index < -0.39 is 17.7 Å². The molecule has 1 atom stereocenters. The number of Topliss-reactive ketones (excluding diaryl/α,β-unsaturated/α-hetero) is 1. The van der Waals surface area contributed by atoms with E-state index in [0.29, 0.717) is 50.3 Å². The Labute approximate surface area is 223 Å². The summed E-state index contributed by atoms with van der Waals surface area (Å²) in [5, 5.41) is 11.5. The number of nitrogens with zero attached hydrogens (tertiary/aromatic N) is 3. The number of carbonyl (C=O) groups excluding carboxylic acids is 3. The first-order valence-electron chi connectivity index (χ1n) is 13.2. The number of ether oxygens (including phenoxy) is 2. The zero-order valence-electron chi connectivity index (χ0n) is 22.3. The molecule has 202 valence electrons. The first-order valence-corrected chi connectivity index (χ1v) is 13.2. The number of aliphatic hydroxyl groups excluding tert-OH is 1. The van der Waals surface area contributed by atoms with Crippen LogP contribution in [0.2, 0.25) is 0 Å². The number of hydrogen-bond acceptors (Lipinski definition) is 7. The lowest BCUT2D eigenvalue weighted by atomic mass is 9.92. The van der Waals surface area contributed by atoms with Crippen LogP contribution in [-0.2, 0) is 14.3 Å². The van der Waals surface area contributed by atoms with Gasteiger partial charge in [0.25, 0.3) is 11.7 Å². The molecule has 0 bridgehead atoms. The molecular weight excluding hydrogens is 486 g/mol. The second kappa shape index (κ2) is 11.7. The highest BCUT2D eigenvalue weighted by molar-refractivity contribution is 6.46. The number of piperidine rings is 1. The molecule has 1 unspecified atom stereocenters. The van der Waals surface area contributed by atoms with Crippen LogP contribution in [0.4, 0.5) is 4.79 Å². The minimum atomic E-state index is -0.772. The smallest absolute Gasteiger partial charge is 0.409 e. The van der Waals surface area contributed by atoms with Crippen LogP contribution in [-0.4, -0.2) is 70.0 Å². The molecule has 9 nitrogen and oxygen atoms in total. The van der Waals surface area contributed by atoms with E-state index >= 15 is 0 Å². The number of amides is 2. The molecule has 2 saturated heterocycles. The van der Waals surface area contributed by atoms with Gasteiger partial charge in [0.2, 0.25) is 0 Å². The third-order valence-corrected chi connectivity index (χ3v) is 7.09. The highest BCUT2D eigenvalue weighted by atomic mass is 16.6. The molecule has 2 aliphatic rings. The van der Waals surface area contributed by atoms with Crippen LogP contribution in [0.25, 0.3) is 5.76 Å². The molecule has 2 amide bonds. The Balaban J connectivity index is 1.75. The summed E-state index contributed by atoms with van der Waals surface area (Å²) in [5.74, 6) is -0.762. The number of rotatable bonds is 7. The molecule has 38 heavy (non-hydrogen) atoms. The topological polar surface area (TPSA) is 109 Å². The number of aromatic nitrogens is 1. The zero-order valence-corrected chi connectivity index (χ0v) is 22.3. The average Bonchev–Trinajstić information content (AvgIpc) is 3.19. The number of carbonyl (C=O) groups is 3. The number of pyridine rings is 1. The third-order valence-electron chi connectivity index (χ3n) is 7.09. The highest BCUT2D eigenvalue weighted by Crippen LogP contribution is 2.42. The maximum absolute atomic E-state index is 13.5. The van der Waals surface area contributed by atoms with Crippen LogP contribution in [0.3, 0.4) is 0 Å². The van der Waals surface area contributed by atoms with Gasteiger partial charge in [-0.05, 0) is 74.1 Å². The summed E-state index contributed by atoms with van der Waals surface area (Å²) >= 11 is 0. The maximum atomic E-state index is 13.5. The van der Waals surface area contributed by atoms with E-state index in [1.165, 1.54) is 0 Å². The standard InChI is InChI=1S/C29H35N3O6/c1-5-37-23-8-7-20(17-22(23)18(3)4)26(33)24-25(19-9-13-30-14-10-19)32(28(35)27(24)34)21-11-15-31(16-12-21)29(36)38-6-2/h7-10,13-14,17-18,21,25,33H,5-6,11-12,15-16H2,1-4H3/b26-24+. The first-order chi connectivity index (χ1) is 18.3. The van der Waals surface area contributed by atoms with Gasteiger partial charge in [-0.3, -0.25) is 14.6 Å². The fourth-order valence-corrected chi connectivity index (χ4v) is 5.23. The molecule has 2 fully saturated rings. The number of ketones is 1. The summed E-state index contributed by atoms with van der Waals surface area (Å²) in [6, 6.07) is 7.76. The van der Waals surface area contributed by atoms with Crippen LogP contribution < -0.4 is 4.74 Å². The Morgan fingerprint density at radius 1 is 1.08 bits per heavy atom. The van der Waals surface area contributed by atoms with Crippen molar-refractivity contribution in [2.45, 2.75) is 58.5 Å². The Kier molecular flexibility index (Phi) is 8.34. The average molecular weight is 522 g/mol. The molecule has 9 heteroatoms. The Morgan fingerprint density at radius 3 is 2.37 bits per heavy atom. The fourth-order valence-electron chi connectivity index (χ4n) is 5.23. The molecule has 0 saturated carbocycles. The quantitative estimate of drug-likeness (QED) is 0.321. The van der Waals surface area contributed by atoms with Crippen molar-refractivity contribution in [2.24, 2.45) is 0 Å². The predicted molar refractivity (Wildman–Crippen MR) is 142 cm³/mol. The van der Waals surface area contributed by atoms with Crippen molar-refractivity contribution in [2.75, 3.05) is 26.3 Å². The predicted octanol–water partition coefficient (Wildman–Crippen LogP) is 4.65. The van der Waals surface area contributed by atoms with Crippen LogP contribution >= 0.6 is 0 Å². The monoisotopic (exact) mass is 521 g/mol. The van der Waals surface area contributed by atoms with Crippen LogP contribution in [0.15, 0.2) is 48.3 Å². The first kappa shape index (κ1) is 27.2. The molecular formula is C29H35N3O6. The summed E-state index contributed by atoms with van der Waals surface area (Å²) in [4.78, 5) is 46.4. The molecule has 1 N–H and O–H groups in total. The van der Waals surface area contributed by atoms with Gasteiger partial charge in [0.05, 0.1) is 24.8 Å². The molecule has 4 rings (SSSR count). The van der Waals surface area contributed by atoms with Crippen LogP contribution in [0, 0.1) is 0 Å². The highest BCUT2D eigenvalue weighted by Gasteiger charge is 2.49. The third kappa shape index (κ3) is 5.23. The molecule has 3 heterocycles. The number of likely N-dealkylation sites (tertiary alicyclic amines) is 2. The van der Waals surface area contributed by atoms with Gasteiger partial charge in [0.15, 0.2) is 0 Å². The zero-order chi connectivity index (χ0) is 27.4. The van der Waals surface area contributed by atoms with E-state index in [9.17, 15) is 19.5 Å². The van der Waals surface area contributed by atoms with Gasteiger partial charge < -0.3 is 24.4 Å². The summed E-state index contributed by atoms with van der Waals surface area (Å²) in [6.07, 6.45) is 3.82. The maximum Gasteiger partial charge on any atom is 0.409 e. The van der Waals surface area contributed by atoms with Crippen molar-refractivity contribution in [3.63, 3.8) is 0 Å². The van der Waals surface area contributed by atoms with Crippen molar-refractivity contribution in [3.8, 4) is 5.75 Å². The lowest BCUT2D eigenvalue weighted by Gasteiger charge is -2.38. The second-order valence-corrected chi connectivity index (χ2v) is 9.74. The van der Waals surface area contributed by atoms with Crippen molar-refractivity contribution < 1.29 is 29.0 Å². The summed E-state index contributed by atoms with van der Waals surface area (Å²) in [7, 11) is 0. The summed E-state index contributed by atoms with van der Waals surface area (Å²) in [5.41, 5.74) is 2.08. The Morgan fingerprint density at radius 2 is 1.76 bits per heavy atom. The van der Waals surface area contributed by atoms with Crippen molar-refractivity contribution >= 4 is 23.5 Å². The van der Waals surface area contributed by atoms with Gasteiger partial charge in [0, 0.05) is 37.1 Å². The van der Waals surface area contributed by atoms with E-state index in [0.717, 1.165) is 11.3 Å². The fraction of sp³-hybridized carbons (Fsp3) is 0.448. The van der Waals surface area contributed by atoms with E-state index in [-0.39, 0.29) is 29.4 Å². The number of benzene rings is 1. The molecule has 0 aliphatic carbocycles. The van der Waals surface area contributed by atoms with Crippen LogP contribution in [0.1, 0.15) is 69.2 Å². The van der Waals surface area contributed by atoms with Gasteiger partial charge in [0.1, 0.15) is 11.5 Å². The van der Waals surface area contributed by atoms with E-state index in [1.807, 2.05) is 26.8 Å². The largest absolute Gasteiger partial charge is 0.507 e. The van der Waals surface area contributed by atoms with Crippen molar-refractivity contribution in [1.82, 2.24) is 14.8 Å². The van der Waals surface area contributed by atoms with E-state index in [2.05, 4.69) is 4.98 Å². The lowest BCUT2D eigenvalue weighted by Crippen LogP contribution is -2.48. The van der Waals surface area contributed by atoms with Crippen molar-refractivity contribution in [1.29, 1.82) is 0 Å². The Hall–Kier alpha value is -3.88. The van der Waals surface area contributed by atoms with E-state index in [1.54, 1.807) is 53.4 Å². The lowest BCUT2D eigenvalue weighted by molar-refractivity contribution is -0.142. The second-order valence-electron chi connectivity index (χ2n) is 9.74. The van der Waals surface area contributed by atoms with Crippen molar-refractivity contribution in [3.05, 3.63) is 65.0 Å². The summed E-state index contributed by atoms with van der Waals surface area (Å²) < 4.78 is 10.9. The summed E-state index contributed by atoms with van der Waals surface area (Å²) in [6.45, 7) is 9.34. The van der Waals surface area contributed by atoms with E-state index in [4.69, 9.17) is 9.47 Å². The van der Waals surface area contributed by atoms with Gasteiger partial charge in [-0.25, -0.2) is 4.79 Å². The SMILES string of the molecule is CCOC(=O)N1CCC(N2C(=O)C(=O)/C(=C(/O)c3ccc(OCC)c(C(C)C)c3)C2c2ccncc2)CC1. The molecule has 0 spiro atoms. The molecule has 2 aromatic rings. The minimum absolute atomic E-state index is 0.0490. The molecule has 2 aliphatic heterocycles. The van der Waals surface area contributed by atoms with Gasteiger partial charge >= 0.3 is 6.09 Å². The normalized spacial score (nSPS) is 19.8. The van der Waals surface area contributed by atoms with Crippen LogP contribution in [0.5, 0.6) is 5.75 Å².